The Morgan fingerprint density at radius 3 is 2.28 bits per heavy atom. The number of amides is 1. The van der Waals surface area contributed by atoms with Crippen LogP contribution in [0.5, 0.6) is 5.75 Å². The number of hydrogen-bond donors (Lipinski definition) is 1. The lowest BCUT2D eigenvalue weighted by molar-refractivity contribution is -0.127. The molecule has 2 aromatic carbocycles. The third kappa shape index (κ3) is 4.85. The molecule has 0 aliphatic carbocycles. The van der Waals surface area contributed by atoms with Crippen LogP contribution in [0.1, 0.15) is 61.9 Å². The Morgan fingerprint density at radius 2 is 1.64 bits per heavy atom. The zero-order chi connectivity index (χ0) is 18.6. The summed E-state index contributed by atoms with van der Waals surface area (Å²) >= 11 is 0. The highest BCUT2D eigenvalue weighted by molar-refractivity contribution is 5.81. The molecule has 0 radical (unpaired) electrons. The second kappa shape index (κ2) is 8.19. The van der Waals surface area contributed by atoms with Gasteiger partial charge >= 0.3 is 0 Å². The summed E-state index contributed by atoms with van der Waals surface area (Å²) in [6.07, 6.45) is -0.547. The van der Waals surface area contributed by atoms with E-state index in [2.05, 4.69) is 51.2 Å². The topological polar surface area (TPSA) is 38.3 Å². The van der Waals surface area contributed by atoms with Crippen LogP contribution in [0, 0.1) is 13.8 Å². The third-order valence-electron chi connectivity index (χ3n) is 4.60. The normalized spacial score (nSPS) is 13.4. The highest BCUT2D eigenvalue weighted by Crippen LogP contribution is 2.27. The lowest BCUT2D eigenvalue weighted by Gasteiger charge is -2.21. The van der Waals surface area contributed by atoms with E-state index < -0.39 is 6.10 Å². The van der Waals surface area contributed by atoms with Crippen molar-refractivity contribution < 1.29 is 9.53 Å². The summed E-state index contributed by atoms with van der Waals surface area (Å²) in [4.78, 5) is 12.5. The lowest BCUT2D eigenvalue weighted by atomic mass is 10.0. The van der Waals surface area contributed by atoms with Gasteiger partial charge in [0.25, 0.3) is 5.91 Å². The molecule has 0 heterocycles. The van der Waals surface area contributed by atoms with Gasteiger partial charge < -0.3 is 10.1 Å². The van der Waals surface area contributed by atoms with Crippen LogP contribution in [0.4, 0.5) is 0 Å². The second-order valence-electron chi connectivity index (χ2n) is 7.03. The Balaban J connectivity index is 2.04. The van der Waals surface area contributed by atoms with E-state index in [1.165, 1.54) is 11.1 Å². The molecular weight excluding hydrogens is 310 g/mol. The molecule has 134 valence electrons. The number of carbonyl (C=O) groups excluding carboxylic acids is 1. The minimum Gasteiger partial charge on any atom is -0.481 e. The monoisotopic (exact) mass is 339 g/mol. The molecule has 0 aliphatic rings. The lowest BCUT2D eigenvalue weighted by Crippen LogP contribution is -2.38. The predicted octanol–water partition coefficient (Wildman–Crippen LogP) is 5.07. The number of rotatable bonds is 6. The Labute approximate surface area is 151 Å². The van der Waals surface area contributed by atoms with Crippen molar-refractivity contribution in [3.05, 3.63) is 64.7 Å². The molecule has 0 aliphatic heterocycles. The fourth-order valence-corrected chi connectivity index (χ4v) is 2.76. The zero-order valence-corrected chi connectivity index (χ0v) is 16.1. The second-order valence-corrected chi connectivity index (χ2v) is 7.03. The van der Waals surface area contributed by atoms with Gasteiger partial charge in [-0.1, -0.05) is 50.2 Å². The van der Waals surface area contributed by atoms with Crippen molar-refractivity contribution in [3.8, 4) is 5.75 Å². The van der Waals surface area contributed by atoms with E-state index in [1.54, 1.807) is 6.92 Å². The van der Waals surface area contributed by atoms with Gasteiger partial charge in [-0.3, -0.25) is 4.79 Å². The SMILES string of the molecule is Cc1ccc([C@H](C)NC(=O)[C@@H](C)Oc2ccccc2C(C)C)cc1C. The number of carbonyl (C=O) groups is 1. The molecule has 25 heavy (non-hydrogen) atoms. The van der Waals surface area contributed by atoms with Crippen LogP contribution in [-0.2, 0) is 4.79 Å². The van der Waals surface area contributed by atoms with Gasteiger partial charge in [-0.15, -0.1) is 0 Å². The van der Waals surface area contributed by atoms with E-state index >= 15 is 0 Å². The van der Waals surface area contributed by atoms with E-state index in [4.69, 9.17) is 4.74 Å². The molecule has 0 bridgehead atoms. The highest BCUT2D eigenvalue weighted by Gasteiger charge is 2.19. The van der Waals surface area contributed by atoms with Crippen LogP contribution in [-0.4, -0.2) is 12.0 Å². The maximum absolute atomic E-state index is 12.5. The molecule has 0 spiro atoms. The number of nitrogens with one attached hydrogen (secondary N) is 1. The van der Waals surface area contributed by atoms with Crippen LogP contribution < -0.4 is 10.1 Å². The predicted molar refractivity (Wildman–Crippen MR) is 103 cm³/mol. The fraction of sp³-hybridized carbons (Fsp3) is 0.409. The molecule has 1 N–H and O–H groups in total. The van der Waals surface area contributed by atoms with E-state index in [0.717, 1.165) is 16.9 Å². The quantitative estimate of drug-likeness (QED) is 0.798. The molecule has 0 saturated heterocycles. The molecule has 2 rings (SSSR count). The molecular formula is C22H29NO2. The standard InChI is InChI=1S/C22H29NO2/c1-14(2)20-9-7-8-10-21(20)25-18(6)22(24)23-17(5)19-12-11-15(3)16(4)13-19/h7-14,17-18H,1-6H3,(H,23,24)/t17-,18+/m0/s1. The summed E-state index contributed by atoms with van der Waals surface area (Å²) in [5.74, 6) is 1.02. The average molecular weight is 339 g/mol. The van der Waals surface area contributed by atoms with Gasteiger partial charge in [0, 0.05) is 0 Å². The minimum absolute atomic E-state index is 0.0572. The summed E-state index contributed by atoms with van der Waals surface area (Å²) in [5, 5.41) is 3.05. The van der Waals surface area contributed by atoms with Crippen molar-refractivity contribution in [2.45, 2.75) is 59.6 Å². The zero-order valence-electron chi connectivity index (χ0n) is 16.1. The van der Waals surface area contributed by atoms with Crippen molar-refractivity contribution >= 4 is 5.91 Å². The maximum Gasteiger partial charge on any atom is 0.261 e. The van der Waals surface area contributed by atoms with Crippen LogP contribution in [0.25, 0.3) is 0 Å². The molecule has 0 unspecified atom stereocenters. The van der Waals surface area contributed by atoms with Gasteiger partial charge in [0.15, 0.2) is 6.10 Å². The number of ether oxygens (including phenoxy) is 1. The number of para-hydroxylation sites is 1. The van der Waals surface area contributed by atoms with Crippen molar-refractivity contribution in [2.75, 3.05) is 0 Å². The average Bonchev–Trinajstić information content (AvgIpc) is 2.57. The molecule has 2 aromatic rings. The van der Waals surface area contributed by atoms with Crippen LogP contribution >= 0.6 is 0 Å². The summed E-state index contributed by atoms with van der Waals surface area (Å²) in [5.41, 5.74) is 4.70. The highest BCUT2D eigenvalue weighted by atomic mass is 16.5. The van der Waals surface area contributed by atoms with Gasteiger partial charge in [-0.25, -0.2) is 0 Å². The molecule has 0 fully saturated rings. The minimum atomic E-state index is -0.547. The summed E-state index contributed by atoms with van der Waals surface area (Å²) in [7, 11) is 0. The number of aryl methyl sites for hydroxylation is 2. The summed E-state index contributed by atoms with van der Waals surface area (Å²) in [6, 6.07) is 14.1. The van der Waals surface area contributed by atoms with Crippen molar-refractivity contribution in [2.24, 2.45) is 0 Å². The Hall–Kier alpha value is -2.29. The molecule has 0 saturated carbocycles. The third-order valence-corrected chi connectivity index (χ3v) is 4.60. The van der Waals surface area contributed by atoms with Gasteiger partial charge in [0.2, 0.25) is 0 Å². The van der Waals surface area contributed by atoms with Gasteiger partial charge in [-0.05, 0) is 61.9 Å². The van der Waals surface area contributed by atoms with E-state index in [-0.39, 0.29) is 11.9 Å². The van der Waals surface area contributed by atoms with Gasteiger partial charge in [0.1, 0.15) is 5.75 Å². The number of benzene rings is 2. The van der Waals surface area contributed by atoms with Crippen molar-refractivity contribution in [3.63, 3.8) is 0 Å². The molecule has 2 atom stereocenters. The van der Waals surface area contributed by atoms with Crippen LogP contribution in [0.3, 0.4) is 0 Å². The first-order chi connectivity index (χ1) is 11.8. The first kappa shape index (κ1) is 19.0. The van der Waals surface area contributed by atoms with Crippen LogP contribution in [0.2, 0.25) is 0 Å². The Kier molecular flexibility index (Phi) is 6.24. The first-order valence-electron chi connectivity index (χ1n) is 8.92. The van der Waals surface area contributed by atoms with E-state index in [1.807, 2.05) is 31.2 Å². The van der Waals surface area contributed by atoms with Gasteiger partial charge in [0.05, 0.1) is 6.04 Å². The first-order valence-corrected chi connectivity index (χ1v) is 8.92. The molecule has 3 nitrogen and oxygen atoms in total. The molecule has 0 aromatic heterocycles. The fourth-order valence-electron chi connectivity index (χ4n) is 2.76. The summed E-state index contributed by atoms with van der Waals surface area (Å²) < 4.78 is 5.94. The van der Waals surface area contributed by atoms with E-state index in [0.29, 0.717) is 5.92 Å². The van der Waals surface area contributed by atoms with Crippen molar-refractivity contribution in [1.29, 1.82) is 0 Å². The van der Waals surface area contributed by atoms with Crippen LogP contribution in [0.15, 0.2) is 42.5 Å². The number of hydrogen-bond acceptors (Lipinski definition) is 2. The molecule has 1 amide bonds. The Morgan fingerprint density at radius 1 is 0.960 bits per heavy atom. The van der Waals surface area contributed by atoms with Crippen molar-refractivity contribution in [1.82, 2.24) is 5.32 Å². The van der Waals surface area contributed by atoms with E-state index in [9.17, 15) is 4.79 Å². The smallest absolute Gasteiger partial charge is 0.261 e. The largest absolute Gasteiger partial charge is 0.481 e. The summed E-state index contributed by atoms with van der Waals surface area (Å²) in [6.45, 7) is 12.2. The molecule has 3 heteroatoms. The van der Waals surface area contributed by atoms with Gasteiger partial charge in [-0.2, -0.15) is 0 Å². The Bertz CT molecular complexity index is 737. The maximum atomic E-state index is 12.5.